The lowest BCUT2D eigenvalue weighted by molar-refractivity contribution is -0.117. The van der Waals surface area contributed by atoms with Crippen LogP contribution in [0.4, 0.5) is 14.5 Å². The van der Waals surface area contributed by atoms with Crippen molar-refractivity contribution >= 4 is 17.3 Å². The number of anilines is 1. The summed E-state index contributed by atoms with van der Waals surface area (Å²) < 4.78 is 24.7. The maximum atomic E-state index is 12.4. The number of aryl methyl sites for hydroxylation is 1. The average molecular weight is 224 g/mol. The van der Waals surface area contributed by atoms with Crippen LogP contribution in [0.3, 0.4) is 0 Å². The number of rotatable bonds is 2. The Labute approximate surface area is 91.4 Å². The normalized spacial score (nSPS) is 15.9. The molecular weight excluding hydrogens is 214 g/mol. The predicted molar refractivity (Wildman–Crippen MR) is 56.7 cm³/mol. The molecule has 1 aromatic rings. The van der Waals surface area contributed by atoms with Gasteiger partial charge in [0.2, 0.25) is 0 Å². The summed E-state index contributed by atoms with van der Waals surface area (Å²) in [5.74, 6) is -0.416. The van der Waals surface area contributed by atoms with Gasteiger partial charge in [-0.2, -0.15) is 5.10 Å². The van der Waals surface area contributed by atoms with Crippen LogP contribution >= 0.6 is 0 Å². The molecule has 0 bridgehead atoms. The lowest BCUT2D eigenvalue weighted by Gasteiger charge is -2.11. The van der Waals surface area contributed by atoms with Crippen LogP contribution in [0.15, 0.2) is 29.4 Å². The first-order valence-electron chi connectivity index (χ1n) is 4.83. The summed E-state index contributed by atoms with van der Waals surface area (Å²) in [5.41, 5.74) is 1.11. The molecule has 0 saturated carbocycles. The van der Waals surface area contributed by atoms with Crippen molar-refractivity contribution in [1.29, 1.82) is 0 Å². The van der Waals surface area contributed by atoms with Gasteiger partial charge in [0.05, 0.1) is 12.1 Å². The van der Waals surface area contributed by atoms with Crippen molar-refractivity contribution in [2.75, 3.05) is 5.01 Å². The van der Waals surface area contributed by atoms with Crippen molar-refractivity contribution in [2.24, 2.45) is 5.10 Å². The number of hydrazone groups is 1. The largest absolute Gasteiger partial charge is 0.278 e. The van der Waals surface area contributed by atoms with Crippen LogP contribution < -0.4 is 5.01 Å². The Balaban J connectivity index is 2.31. The number of hydrogen-bond acceptors (Lipinski definition) is 2. The van der Waals surface area contributed by atoms with Crippen LogP contribution in [0.25, 0.3) is 0 Å². The molecule has 1 aromatic carbocycles. The van der Waals surface area contributed by atoms with Crippen LogP contribution in [0.5, 0.6) is 0 Å². The quantitative estimate of drug-likeness (QED) is 0.759. The summed E-state index contributed by atoms with van der Waals surface area (Å²) in [6.07, 6.45) is -2.97. The third-order valence-corrected chi connectivity index (χ3v) is 2.30. The number of carbonyl (C=O) groups is 1. The van der Waals surface area contributed by atoms with Gasteiger partial charge in [0.15, 0.2) is 0 Å². The molecule has 5 heteroatoms. The number of halogens is 2. The summed E-state index contributed by atoms with van der Waals surface area (Å²) >= 11 is 0. The second-order valence-corrected chi connectivity index (χ2v) is 3.61. The second-order valence-electron chi connectivity index (χ2n) is 3.61. The molecule has 1 aliphatic rings. The molecule has 0 fully saturated rings. The molecule has 0 radical (unpaired) electrons. The van der Waals surface area contributed by atoms with Gasteiger partial charge < -0.3 is 0 Å². The molecule has 0 aromatic heterocycles. The minimum atomic E-state index is -2.67. The molecule has 1 heterocycles. The summed E-state index contributed by atoms with van der Waals surface area (Å²) in [7, 11) is 0. The third kappa shape index (κ3) is 1.93. The first-order chi connectivity index (χ1) is 7.58. The molecule has 0 atom stereocenters. The number of alkyl halides is 2. The van der Waals surface area contributed by atoms with E-state index in [4.69, 9.17) is 0 Å². The van der Waals surface area contributed by atoms with E-state index in [1.807, 2.05) is 13.0 Å². The van der Waals surface area contributed by atoms with Crippen LogP contribution in [-0.2, 0) is 4.79 Å². The Morgan fingerprint density at radius 2 is 2.19 bits per heavy atom. The van der Waals surface area contributed by atoms with Gasteiger partial charge in [-0.15, -0.1) is 0 Å². The minimum Gasteiger partial charge on any atom is -0.272 e. The van der Waals surface area contributed by atoms with E-state index in [2.05, 4.69) is 5.10 Å². The van der Waals surface area contributed by atoms with E-state index in [1.54, 1.807) is 18.2 Å². The van der Waals surface area contributed by atoms with Crippen molar-refractivity contribution in [1.82, 2.24) is 0 Å². The Morgan fingerprint density at radius 3 is 2.75 bits per heavy atom. The standard InChI is InChI=1S/C11H10F2N2O/c1-7-3-2-4-8(5-7)15-10(16)6-9(14-15)11(12)13/h2-5,11H,6H2,1H3. The minimum absolute atomic E-state index is 0.300. The smallest absolute Gasteiger partial charge is 0.272 e. The molecule has 16 heavy (non-hydrogen) atoms. The first-order valence-corrected chi connectivity index (χ1v) is 4.83. The average Bonchev–Trinajstić information content (AvgIpc) is 2.60. The summed E-state index contributed by atoms with van der Waals surface area (Å²) in [6.45, 7) is 1.86. The Hall–Kier alpha value is -1.78. The van der Waals surface area contributed by atoms with Crippen molar-refractivity contribution in [3.8, 4) is 0 Å². The van der Waals surface area contributed by atoms with E-state index < -0.39 is 12.3 Å². The molecule has 1 amide bonds. The fourth-order valence-electron chi connectivity index (χ4n) is 1.53. The highest BCUT2D eigenvalue weighted by atomic mass is 19.3. The van der Waals surface area contributed by atoms with Crippen molar-refractivity contribution in [2.45, 2.75) is 19.8 Å². The molecule has 0 unspecified atom stereocenters. The fraction of sp³-hybridized carbons (Fsp3) is 0.273. The van der Waals surface area contributed by atoms with Crippen molar-refractivity contribution < 1.29 is 13.6 Å². The van der Waals surface area contributed by atoms with Crippen LogP contribution in [0.2, 0.25) is 0 Å². The number of carbonyl (C=O) groups excluding carboxylic acids is 1. The molecule has 0 saturated heterocycles. The summed E-state index contributed by atoms with van der Waals surface area (Å²) in [4.78, 5) is 11.5. The maximum absolute atomic E-state index is 12.4. The van der Waals surface area contributed by atoms with Gasteiger partial charge in [-0.1, -0.05) is 12.1 Å². The van der Waals surface area contributed by atoms with Gasteiger partial charge in [0, 0.05) is 0 Å². The van der Waals surface area contributed by atoms with E-state index in [-0.39, 0.29) is 12.1 Å². The van der Waals surface area contributed by atoms with E-state index in [0.717, 1.165) is 10.6 Å². The Bertz CT molecular complexity index is 457. The molecule has 84 valence electrons. The third-order valence-electron chi connectivity index (χ3n) is 2.30. The SMILES string of the molecule is Cc1cccc(N2N=C(C(F)F)CC2=O)c1. The predicted octanol–water partition coefficient (Wildman–Crippen LogP) is 2.35. The van der Waals surface area contributed by atoms with E-state index in [0.29, 0.717) is 5.69 Å². The van der Waals surface area contributed by atoms with E-state index in [9.17, 15) is 13.6 Å². The summed E-state index contributed by atoms with van der Waals surface area (Å²) in [5, 5.41) is 4.67. The van der Waals surface area contributed by atoms with Crippen molar-refractivity contribution in [3.05, 3.63) is 29.8 Å². The van der Waals surface area contributed by atoms with Gasteiger partial charge in [-0.25, -0.2) is 13.8 Å². The lowest BCUT2D eigenvalue weighted by atomic mass is 10.2. The zero-order chi connectivity index (χ0) is 11.7. The highest BCUT2D eigenvalue weighted by Gasteiger charge is 2.29. The highest BCUT2D eigenvalue weighted by Crippen LogP contribution is 2.22. The van der Waals surface area contributed by atoms with Crippen LogP contribution in [-0.4, -0.2) is 18.0 Å². The van der Waals surface area contributed by atoms with E-state index >= 15 is 0 Å². The molecular formula is C11H10F2N2O. The van der Waals surface area contributed by atoms with Gasteiger partial charge in [0.1, 0.15) is 5.71 Å². The zero-order valence-corrected chi connectivity index (χ0v) is 8.65. The van der Waals surface area contributed by atoms with Crippen LogP contribution in [0, 0.1) is 6.92 Å². The maximum Gasteiger partial charge on any atom is 0.278 e. The summed E-state index contributed by atoms with van der Waals surface area (Å²) in [6, 6.07) is 7.02. The molecule has 2 rings (SSSR count). The lowest BCUT2D eigenvalue weighted by Crippen LogP contribution is -2.19. The number of amides is 1. The van der Waals surface area contributed by atoms with Gasteiger partial charge in [-0.05, 0) is 24.6 Å². The first kappa shape index (κ1) is 10.7. The number of benzene rings is 1. The molecule has 0 spiro atoms. The highest BCUT2D eigenvalue weighted by molar-refractivity contribution is 6.14. The topological polar surface area (TPSA) is 32.7 Å². The molecule has 1 aliphatic heterocycles. The Morgan fingerprint density at radius 1 is 1.44 bits per heavy atom. The van der Waals surface area contributed by atoms with Gasteiger partial charge in [0.25, 0.3) is 12.3 Å². The molecule has 3 nitrogen and oxygen atoms in total. The van der Waals surface area contributed by atoms with Gasteiger partial charge >= 0.3 is 0 Å². The fourth-order valence-corrected chi connectivity index (χ4v) is 1.53. The molecule has 0 N–H and O–H groups in total. The Kier molecular flexibility index (Phi) is 2.68. The molecule has 0 aliphatic carbocycles. The van der Waals surface area contributed by atoms with Crippen LogP contribution in [0.1, 0.15) is 12.0 Å². The second kappa shape index (κ2) is 4.00. The number of nitrogens with zero attached hydrogens (tertiary/aromatic N) is 2. The monoisotopic (exact) mass is 224 g/mol. The van der Waals surface area contributed by atoms with Gasteiger partial charge in [-0.3, -0.25) is 4.79 Å². The van der Waals surface area contributed by atoms with Crippen molar-refractivity contribution in [3.63, 3.8) is 0 Å². The zero-order valence-electron chi connectivity index (χ0n) is 8.65. The number of hydrogen-bond donors (Lipinski definition) is 0. The van der Waals surface area contributed by atoms with E-state index in [1.165, 1.54) is 0 Å².